The molecule has 1 aromatic carbocycles. The van der Waals surface area contributed by atoms with Gasteiger partial charge in [0.2, 0.25) is 11.9 Å². The monoisotopic (exact) mass is 618 g/mol. The Morgan fingerprint density at radius 1 is 1.00 bits per heavy atom. The Labute approximate surface area is 212 Å². The van der Waals surface area contributed by atoms with Gasteiger partial charge in [-0.2, -0.15) is 0 Å². The fraction of sp³-hybridized carbons (Fsp3) is 0.500. The van der Waals surface area contributed by atoms with Crippen LogP contribution in [0.25, 0.3) is 0 Å². The molecule has 1 aliphatic carbocycles. The number of hydrogen-bond donors (Lipinski definition) is 1. The van der Waals surface area contributed by atoms with Crippen molar-refractivity contribution in [3.63, 3.8) is 0 Å². The van der Waals surface area contributed by atoms with E-state index >= 15 is 0 Å². The van der Waals surface area contributed by atoms with Crippen LogP contribution >= 0.6 is 45.8 Å². The Hall–Kier alpha value is -1.83. The van der Waals surface area contributed by atoms with Gasteiger partial charge in [-0.05, 0) is 34.7 Å². The Morgan fingerprint density at radius 2 is 1.55 bits per heavy atom. The highest BCUT2D eigenvalue weighted by Crippen LogP contribution is 2.50. The van der Waals surface area contributed by atoms with Crippen molar-refractivity contribution in [2.75, 3.05) is 6.61 Å². The average Bonchev–Trinajstić information content (AvgIpc) is 2.66. The molecule has 1 aliphatic rings. The Balaban J connectivity index is 2.57. The van der Waals surface area contributed by atoms with Crippen LogP contribution in [0, 0.1) is 9.49 Å². The van der Waals surface area contributed by atoms with Gasteiger partial charge in [-0.3, -0.25) is 19.2 Å². The van der Waals surface area contributed by atoms with Gasteiger partial charge in [0.1, 0.15) is 6.61 Å². The molecule has 1 fully saturated rings. The van der Waals surface area contributed by atoms with Crippen LogP contribution in [0.4, 0.5) is 0 Å². The number of aliphatic hydroxyl groups excluding tert-OH is 1. The molecule has 3 unspecified atom stereocenters. The minimum atomic E-state index is -2.14. The third-order valence-corrected chi connectivity index (χ3v) is 5.86. The van der Waals surface area contributed by atoms with Gasteiger partial charge in [0.15, 0.2) is 18.0 Å². The summed E-state index contributed by atoms with van der Waals surface area (Å²) in [5.74, 6) is -4.46. The summed E-state index contributed by atoms with van der Waals surface area (Å²) in [5, 5.41) is 11.2. The van der Waals surface area contributed by atoms with Crippen molar-refractivity contribution in [1.29, 1.82) is 0 Å². The van der Waals surface area contributed by atoms with Crippen molar-refractivity contribution in [2.45, 2.75) is 51.8 Å². The van der Waals surface area contributed by atoms with Gasteiger partial charge in [-0.1, -0.05) is 23.2 Å². The number of halogens is 3. The van der Waals surface area contributed by atoms with Gasteiger partial charge in [0.05, 0.1) is 16.0 Å². The summed E-state index contributed by atoms with van der Waals surface area (Å²) in [7, 11) is 0. The summed E-state index contributed by atoms with van der Waals surface area (Å²) in [6, 6.07) is 3.02. The quantitative estimate of drug-likeness (QED) is 0.200. The molecule has 0 amide bonds. The number of carbonyl (C=O) groups excluding carboxylic acids is 4. The zero-order valence-electron chi connectivity index (χ0n) is 17.9. The minimum Gasteiger partial charge on any atom is -0.465 e. The lowest BCUT2D eigenvalue weighted by molar-refractivity contribution is -0.338. The molecular weight excluding hydrogens is 598 g/mol. The van der Waals surface area contributed by atoms with E-state index in [1.807, 2.05) is 22.6 Å². The second kappa shape index (κ2) is 11.1. The average molecular weight is 619 g/mol. The molecule has 0 aliphatic heterocycles. The summed E-state index contributed by atoms with van der Waals surface area (Å²) in [4.78, 5) is 46.9. The van der Waals surface area contributed by atoms with Gasteiger partial charge in [-0.25, -0.2) is 0 Å². The van der Waals surface area contributed by atoms with Crippen LogP contribution in [0.3, 0.4) is 0 Å². The lowest BCUT2D eigenvalue weighted by Crippen LogP contribution is -2.79. The second-order valence-electron chi connectivity index (χ2n) is 7.13. The van der Waals surface area contributed by atoms with Gasteiger partial charge in [0.25, 0.3) is 0 Å². The van der Waals surface area contributed by atoms with Crippen molar-refractivity contribution in [1.82, 2.24) is 0 Å². The van der Waals surface area contributed by atoms with Crippen LogP contribution in [0.2, 0.25) is 10.0 Å². The maximum absolute atomic E-state index is 12.0. The van der Waals surface area contributed by atoms with Crippen LogP contribution in [0.15, 0.2) is 12.1 Å². The van der Waals surface area contributed by atoms with Gasteiger partial charge >= 0.3 is 23.9 Å². The normalized spacial score (nSPS) is 24.7. The van der Waals surface area contributed by atoms with Crippen molar-refractivity contribution in [3.05, 3.63) is 25.7 Å². The van der Waals surface area contributed by atoms with E-state index in [-0.39, 0.29) is 15.8 Å². The predicted molar refractivity (Wildman–Crippen MR) is 122 cm³/mol. The van der Waals surface area contributed by atoms with Gasteiger partial charge in [0, 0.05) is 31.3 Å². The minimum absolute atomic E-state index is 0.0420. The van der Waals surface area contributed by atoms with Crippen LogP contribution in [-0.2, 0) is 38.1 Å². The first kappa shape index (κ1) is 27.4. The Morgan fingerprint density at radius 3 is 2.00 bits per heavy atom. The van der Waals surface area contributed by atoms with Crippen molar-refractivity contribution in [2.24, 2.45) is 5.92 Å². The molecule has 0 spiro atoms. The van der Waals surface area contributed by atoms with E-state index in [1.54, 1.807) is 0 Å². The summed E-state index contributed by atoms with van der Waals surface area (Å²) in [6.45, 7) is 3.90. The van der Waals surface area contributed by atoms with E-state index < -0.39 is 60.5 Å². The number of ether oxygens (including phenoxy) is 5. The van der Waals surface area contributed by atoms with Crippen molar-refractivity contribution < 1.29 is 48.0 Å². The van der Waals surface area contributed by atoms with Gasteiger partial charge in [-0.15, -0.1) is 0 Å². The molecule has 0 bridgehead atoms. The number of benzene rings is 1. The standard InChI is InChI=1S/C20H21Cl2IO10/c1-8(24)29-7-13-16(30-9(2)25)18(31-10(3)26)20(13,33-11(4)27)19(28)32-17-14(21)5-12(23)6-15(17)22/h5-6,13,16,18-19,28H,7H2,1-4H3/t13?,16-,18?,19-,20?/m1/s1. The molecule has 2 rings (SSSR count). The van der Waals surface area contributed by atoms with E-state index in [4.69, 9.17) is 46.9 Å². The maximum atomic E-state index is 12.0. The van der Waals surface area contributed by atoms with Crippen molar-refractivity contribution in [3.8, 4) is 5.75 Å². The third-order valence-electron chi connectivity index (χ3n) is 4.68. The smallest absolute Gasteiger partial charge is 0.303 e. The number of esters is 4. The summed E-state index contributed by atoms with van der Waals surface area (Å²) in [5.41, 5.74) is -2.14. The SMILES string of the molecule is CC(=O)OCC1[C@@H](OC(C)=O)C(OC(C)=O)C1(OC(C)=O)[C@H](O)Oc1c(Cl)cc(I)cc1Cl. The number of rotatable bonds is 8. The largest absolute Gasteiger partial charge is 0.465 e. The molecule has 1 N–H and O–H groups in total. The molecule has 0 radical (unpaired) electrons. The Kier molecular flexibility index (Phi) is 9.19. The van der Waals surface area contributed by atoms with Gasteiger partial charge < -0.3 is 28.8 Å². The first-order valence-corrected chi connectivity index (χ1v) is 11.3. The molecule has 13 heteroatoms. The van der Waals surface area contributed by atoms with E-state index in [2.05, 4.69) is 0 Å². The molecule has 5 atom stereocenters. The van der Waals surface area contributed by atoms with Crippen LogP contribution < -0.4 is 4.74 Å². The predicted octanol–water partition coefficient (Wildman–Crippen LogP) is 2.65. The van der Waals surface area contributed by atoms with E-state index in [0.29, 0.717) is 3.57 Å². The lowest BCUT2D eigenvalue weighted by atomic mass is 9.63. The molecule has 33 heavy (non-hydrogen) atoms. The number of aliphatic hydroxyl groups is 1. The lowest BCUT2D eigenvalue weighted by Gasteiger charge is -2.57. The maximum Gasteiger partial charge on any atom is 0.303 e. The number of carbonyl (C=O) groups is 4. The zero-order valence-corrected chi connectivity index (χ0v) is 21.6. The molecule has 0 heterocycles. The summed E-state index contributed by atoms with van der Waals surface area (Å²) >= 11 is 14.4. The van der Waals surface area contributed by atoms with E-state index in [1.165, 1.54) is 12.1 Å². The summed E-state index contributed by atoms with van der Waals surface area (Å²) < 4.78 is 27.2. The molecule has 1 saturated carbocycles. The third kappa shape index (κ3) is 6.19. The molecule has 10 nitrogen and oxygen atoms in total. The van der Waals surface area contributed by atoms with Crippen LogP contribution in [0.5, 0.6) is 5.75 Å². The molecule has 0 aromatic heterocycles. The number of hydrogen-bond acceptors (Lipinski definition) is 10. The summed E-state index contributed by atoms with van der Waals surface area (Å²) in [6.07, 6.45) is -4.76. The topological polar surface area (TPSA) is 135 Å². The fourth-order valence-electron chi connectivity index (χ4n) is 3.52. The highest BCUT2D eigenvalue weighted by Gasteiger charge is 2.74. The molecule has 182 valence electrons. The van der Waals surface area contributed by atoms with E-state index in [0.717, 1.165) is 27.7 Å². The highest BCUT2D eigenvalue weighted by atomic mass is 127. The molecule has 0 saturated heterocycles. The van der Waals surface area contributed by atoms with Crippen LogP contribution in [0.1, 0.15) is 27.7 Å². The van der Waals surface area contributed by atoms with Crippen LogP contribution in [-0.4, -0.2) is 59.7 Å². The second-order valence-corrected chi connectivity index (χ2v) is 9.19. The first-order valence-electron chi connectivity index (χ1n) is 9.46. The van der Waals surface area contributed by atoms with Crippen molar-refractivity contribution >= 4 is 69.7 Å². The van der Waals surface area contributed by atoms with E-state index in [9.17, 15) is 24.3 Å². The molecular formula is C20H21Cl2IO10. The fourth-order valence-corrected chi connectivity index (χ4v) is 5.09. The first-order chi connectivity index (χ1) is 15.3. The zero-order chi connectivity index (χ0) is 25.1. The Bertz CT molecular complexity index is 932. The molecule has 1 aromatic rings. The highest BCUT2D eigenvalue weighted by molar-refractivity contribution is 14.1.